The van der Waals surface area contributed by atoms with Crippen LogP contribution in [0.1, 0.15) is 13.3 Å². The van der Waals surface area contributed by atoms with E-state index in [2.05, 4.69) is 10.4 Å². The Morgan fingerprint density at radius 1 is 1.32 bits per heavy atom. The van der Waals surface area contributed by atoms with Crippen molar-refractivity contribution in [1.29, 1.82) is 0 Å². The van der Waals surface area contributed by atoms with Crippen LogP contribution in [0.2, 0.25) is 0 Å². The molecule has 1 aliphatic rings. The Bertz CT molecular complexity index is 439. The molecule has 102 valence electrons. The zero-order valence-electron chi connectivity index (χ0n) is 11.1. The first-order valence-electron chi connectivity index (χ1n) is 6.46. The predicted octanol–water partition coefficient (Wildman–Crippen LogP) is 1.72. The van der Waals surface area contributed by atoms with Gasteiger partial charge in [0.15, 0.2) is 0 Å². The van der Waals surface area contributed by atoms with Crippen molar-refractivity contribution in [2.75, 3.05) is 31.6 Å². The molecule has 1 aliphatic heterocycles. The number of ether oxygens (including phenoxy) is 1. The maximum atomic E-state index is 11.8. The van der Waals surface area contributed by atoms with Crippen LogP contribution in [0.5, 0.6) is 0 Å². The lowest BCUT2D eigenvalue weighted by Crippen LogP contribution is -2.33. The Labute approximate surface area is 113 Å². The summed E-state index contributed by atoms with van der Waals surface area (Å²) in [5, 5.41) is 9.23. The predicted molar refractivity (Wildman–Crippen MR) is 75.2 cm³/mol. The van der Waals surface area contributed by atoms with Crippen LogP contribution >= 0.6 is 0 Å². The van der Waals surface area contributed by atoms with Crippen LogP contribution in [-0.2, 0) is 9.53 Å². The van der Waals surface area contributed by atoms with E-state index in [4.69, 9.17) is 4.74 Å². The van der Waals surface area contributed by atoms with E-state index in [1.54, 1.807) is 0 Å². The smallest absolute Gasteiger partial charge is 0.230 e. The van der Waals surface area contributed by atoms with E-state index in [1.807, 2.05) is 42.3 Å². The van der Waals surface area contributed by atoms with Gasteiger partial charge in [-0.1, -0.05) is 18.2 Å². The van der Waals surface area contributed by atoms with E-state index in [0.717, 1.165) is 24.5 Å². The fourth-order valence-electron chi connectivity index (χ4n) is 1.89. The number of para-hydroxylation sites is 1. The number of nitrogens with one attached hydrogen (secondary N) is 1. The number of anilines is 1. The van der Waals surface area contributed by atoms with Gasteiger partial charge in [-0.2, -0.15) is 5.10 Å². The number of carbonyl (C=O) groups is 1. The normalized spacial score (nSPS) is 16.3. The molecule has 0 bridgehead atoms. The Kier molecular flexibility index (Phi) is 4.92. The van der Waals surface area contributed by atoms with Gasteiger partial charge in [0.1, 0.15) is 0 Å². The minimum atomic E-state index is -0.0410. The average Bonchev–Trinajstić information content (AvgIpc) is 2.40. The largest absolute Gasteiger partial charge is 0.378 e. The third kappa shape index (κ3) is 4.71. The number of hydrogen-bond acceptors (Lipinski definition) is 4. The molecule has 1 aromatic rings. The van der Waals surface area contributed by atoms with E-state index < -0.39 is 0 Å². The number of amides is 1. The number of benzene rings is 1. The topological polar surface area (TPSA) is 53.9 Å². The summed E-state index contributed by atoms with van der Waals surface area (Å²) >= 11 is 0. The standard InChI is InChI=1S/C14H19N3O2/c1-12(16-17-7-9-19-10-8-17)11-14(18)15-13-5-3-2-4-6-13/h2-6H,7-11H2,1H3,(H,15,18). The number of carbonyl (C=O) groups excluding carboxylic acids is 1. The van der Waals surface area contributed by atoms with Crippen molar-refractivity contribution in [2.45, 2.75) is 13.3 Å². The average molecular weight is 261 g/mol. The molecule has 5 heteroatoms. The molecule has 19 heavy (non-hydrogen) atoms. The lowest BCUT2D eigenvalue weighted by molar-refractivity contribution is -0.115. The first-order valence-corrected chi connectivity index (χ1v) is 6.46. The van der Waals surface area contributed by atoms with Crippen LogP contribution in [-0.4, -0.2) is 42.9 Å². The van der Waals surface area contributed by atoms with E-state index >= 15 is 0 Å². The van der Waals surface area contributed by atoms with Crippen LogP contribution in [0.25, 0.3) is 0 Å². The molecule has 0 unspecified atom stereocenters. The third-order valence-electron chi connectivity index (χ3n) is 2.77. The zero-order chi connectivity index (χ0) is 13.5. The molecule has 1 N–H and O–H groups in total. The Hall–Kier alpha value is -1.88. The maximum absolute atomic E-state index is 11.8. The monoisotopic (exact) mass is 261 g/mol. The van der Waals surface area contributed by atoms with E-state index in [-0.39, 0.29) is 5.91 Å². The second kappa shape index (κ2) is 6.89. The third-order valence-corrected chi connectivity index (χ3v) is 2.77. The number of morpholine rings is 1. The lowest BCUT2D eigenvalue weighted by atomic mass is 10.2. The van der Waals surface area contributed by atoms with Crippen LogP contribution < -0.4 is 5.32 Å². The highest BCUT2D eigenvalue weighted by Gasteiger charge is 2.09. The fourth-order valence-corrected chi connectivity index (χ4v) is 1.89. The van der Waals surface area contributed by atoms with Gasteiger partial charge >= 0.3 is 0 Å². The van der Waals surface area contributed by atoms with E-state index in [1.165, 1.54) is 0 Å². The van der Waals surface area contributed by atoms with Gasteiger partial charge in [-0.05, 0) is 19.1 Å². The van der Waals surface area contributed by atoms with Crippen LogP contribution in [0.4, 0.5) is 5.69 Å². The summed E-state index contributed by atoms with van der Waals surface area (Å²) < 4.78 is 5.25. The molecule has 1 saturated heterocycles. The zero-order valence-corrected chi connectivity index (χ0v) is 11.1. The number of hydrazone groups is 1. The SMILES string of the molecule is CC(CC(=O)Nc1ccccc1)=NN1CCOCC1. The van der Waals surface area contributed by atoms with Crippen LogP contribution in [0.3, 0.4) is 0 Å². The summed E-state index contributed by atoms with van der Waals surface area (Å²) in [6.45, 7) is 4.86. The quantitative estimate of drug-likeness (QED) is 0.840. The van der Waals surface area contributed by atoms with Gasteiger partial charge in [-0.25, -0.2) is 0 Å². The lowest BCUT2D eigenvalue weighted by Gasteiger charge is -2.24. The van der Waals surface area contributed by atoms with Gasteiger partial charge in [0.2, 0.25) is 5.91 Å². The van der Waals surface area contributed by atoms with Crippen molar-refractivity contribution >= 4 is 17.3 Å². The first-order chi connectivity index (χ1) is 9.24. The molecule has 1 heterocycles. The molecule has 2 rings (SSSR count). The van der Waals surface area contributed by atoms with Crippen molar-refractivity contribution in [1.82, 2.24) is 5.01 Å². The summed E-state index contributed by atoms with van der Waals surface area (Å²) in [7, 11) is 0. The minimum Gasteiger partial charge on any atom is -0.378 e. The number of rotatable bonds is 4. The van der Waals surface area contributed by atoms with Gasteiger partial charge in [0.05, 0.1) is 32.7 Å². The van der Waals surface area contributed by atoms with Crippen LogP contribution in [0, 0.1) is 0 Å². The first kappa shape index (κ1) is 13.5. The molecule has 0 spiro atoms. The van der Waals surface area contributed by atoms with Crippen molar-refractivity contribution in [3.63, 3.8) is 0 Å². The van der Waals surface area contributed by atoms with Crippen molar-refractivity contribution in [3.05, 3.63) is 30.3 Å². The molecule has 0 aromatic heterocycles. The molecule has 1 fully saturated rings. The Morgan fingerprint density at radius 2 is 2.00 bits per heavy atom. The Balaban J connectivity index is 1.82. The molecule has 0 atom stereocenters. The van der Waals surface area contributed by atoms with Gasteiger partial charge in [0, 0.05) is 11.4 Å². The highest BCUT2D eigenvalue weighted by molar-refractivity contribution is 6.05. The van der Waals surface area contributed by atoms with Crippen molar-refractivity contribution in [3.8, 4) is 0 Å². The van der Waals surface area contributed by atoms with Gasteiger partial charge in [0.25, 0.3) is 0 Å². The van der Waals surface area contributed by atoms with Gasteiger partial charge in [-0.15, -0.1) is 0 Å². The highest BCUT2D eigenvalue weighted by Crippen LogP contribution is 2.06. The number of nitrogens with zero attached hydrogens (tertiary/aromatic N) is 2. The van der Waals surface area contributed by atoms with Gasteiger partial charge < -0.3 is 10.1 Å². The maximum Gasteiger partial charge on any atom is 0.230 e. The molecule has 5 nitrogen and oxygen atoms in total. The van der Waals surface area contributed by atoms with Gasteiger partial charge in [-0.3, -0.25) is 9.80 Å². The summed E-state index contributed by atoms with van der Waals surface area (Å²) in [4.78, 5) is 11.8. The summed E-state index contributed by atoms with van der Waals surface area (Å²) in [5.74, 6) is -0.0410. The van der Waals surface area contributed by atoms with Crippen LogP contribution in [0.15, 0.2) is 35.4 Å². The Morgan fingerprint density at radius 3 is 2.68 bits per heavy atom. The second-order valence-corrected chi connectivity index (χ2v) is 4.49. The molecule has 0 saturated carbocycles. The number of hydrogen-bond donors (Lipinski definition) is 1. The van der Waals surface area contributed by atoms with Crippen molar-refractivity contribution in [2.24, 2.45) is 5.10 Å². The van der Waals surface area contributed by atoms with E-state index in [0.29, 0.717) is 19.6 Å². The van der Waals surface area contributed by atoms with Crippen molar-refractivity contribution < 1.29 is 9.53 Å². The molecule has 0 aliphatic carbocycles. The fraction of sp³-hybridized carbons (Fsp3) is 0.429. The van der Waals surface area contributed by atoms with E-state index in [9.17, 15) is 4.79 Å². The minimum absolute atomic E-state index is 0.0410. The molecular weight excluding hydrogens is 242 g/mol. The molecular formula is C14H19N3O2. The second-order valence-electron chi connectivity index (χ2n) is 4.49. The molecule has 0 radical (unpaired) electrons. The highest BCUT2D eigenvalue weighted by atomic mass is 16.5. The summed E-state index contributed by atoms with van der Waals surface area (Å²) in [5.41, 5.74) is 1.63. The summed E-state index contributed by atoms with van der Waals surface area (Å²) in [6, 6.07) is 9.44. The molecule has 1 amide bonds. The summed E-state index contributed by atoms with van der Waals surface area (Å²) in [6.07, 6.45) is 0.312. The molecule has 1 aromatic carbocycles.